The second-order valence-corrected chi connectivity index (χ2v) is 8.32. The number of phenolic OH excluding ortho intramolecular Hbond substituents is 1. The number of phenols is 1. The lowest BCUT2D eigenvalue weighted by atomic mass is 10.2. The molecule has 0 bridgehead atoms. The summed E-state index contributed by atoms with van der Waals surface area (Å²) < 4.78 is 17.3. The molecular formula is C13H26N3O2P. The first kappa shape index (κ1) is 18.1. The van der Waals surface area contributed by atoms with Gasteiger partial charge in [0.2, 0.25) is 0 Å². The molecular weight excluding hydrogens is 261 g/mol. The molecule has 0 radical (unpaired) electrons. The molecule has 0 aromatic heterocycles. The van der Waals surface area contributed by atoms with Gasteiger partial charge in [0.15, 0.2) is 0 Å². The van der Waals surface area contributed by atoms with Crippen LogP contribution in [0.15, 0.2) is 24.3 Å². The molecule has 19 heavy (non-hydrogen) atoms. The number of benzene rings is 1. The summed E-state index contributed by atoms with van der Waals surface area (Å²) >= 11 is 0. The summed E-state index contributed by atoms with van der Waals surface area (Å²) in [6, 6.07) is 7.15. The van der Waals surface area contributed by atoms with Crippen LogP contribution in [0.1, 0.15) is 5.56 Å². The van der Waals surface area contributed by atoms with Crippen LogP contribution >= 0.6 is 7.59 Å². The van der Waals surface area contributed by atoms with Gasteiger partial charge in [-0.1, -0.05) is 12.1 Å². The van der Waals surface area contributed by atoms with Crippen molar-refractivity contribution in [1.82, 2.24) is 14.0 Å². The third-order valence-corrected chi connectivity index (χ3v) is 5.69. The molecule has 0 aliphatic carbocycles. The molecule has 1 aromatic rings. The fourth-order valence-electron chi connectivity index (χ4n) is 1.70. The molecule has 0 aliphatic rings. The number of hydrogen-bond donors (Lipinski definition) is 1. The number of aryl methyl sites for hydroxylation is 1. The second-order valence-electron chi connectivity index (χ2n) is 4.89. The van der Waals surface area contributed by atoms with Crippen LogP contribution in [0.4, 0.5) is 0 Å². The van der Waals surface area contributed by atoms with Crippen LogP contribution in [0.3, 0.4) is 0 Å². The molecule has 0 heterocycles. The van der Waals surface area contributed by atoms with E-state index in [0.717, 1.165) is 5.56 Å². The van der Waals surface area contributed by atoms with Crippen molar-refractivity contribution in [2.24, 2.45) is 0 Å². The number of rotatable bonds is 3. The van der Waals surface area contributed by atoms with E-state index in [9.17, 15) is 4.57 Å². The third kappa shape index (κ3) is 5.33. The molecule has 6 heteroatoms. The summed E-state index contributed by atoms with van der Waals surface area (Å²) in [4.78, 5) is 0. The Bertz CT molecular complexity index is 388. The Hall–Kier alpha value is -0.870. The van der Waals surface area contributed by atoms with E-state index in [4.69, 9.17) is 5.11 Å². The topological polar surface area (TPSA) is 47.0 Å². The van der Waals surface area contributed by atoms with Crippen molar-refractivity contribution in [1.29, 1.82) is 0 Å². The van der Waals surface area contributed by atoms with Gasteiger partial charge in [0.1, 0.15) is 5.75 Å². The van der Waals surface area contributed by atoms with E-state index in [1.165, 1.54) is 0 Å². The highest BCUT2D eigenvalue weighted by molar-refractivity contribution is 7.56. The highest BCUT2D eigenvalue weighted by Gasteiger charge is 2.30. The van der Waals surface area contributed by atoms with Gasteiger partial charge in [-0.25, -0.2) is 14.0 Å². The minimum Gasteiger partial charge on any atom is -0.508 e. The van der Waals surface area contributed by atoms with E-state index < -0.39 is 7.59 Å². The van der Waals surface area contributed by atoms with E-state index in [0.29, 0.717) is 5.75 Å². The van der Waals surface area contributed by atoms with Gasteiger partial charge in [0.05, 0.1) is 0 Å². The van der Waals surface area contributed by atoms with Crippen molar-refractivity contribution in [3.8, 4) is 5.75 Å². The number of hydrogen-bond acceptors (Lipinski definition) is 2. The Morgan fingerprint density at radius 2 is 1.37 bits per heavy atom. The Balaban J connectivity index is 0.000000356. The highest BCUT2D eigenvalue weighted by Crippen LogP contribution is 2.50. The van der Waals surface area contributed by atoms with E-state index in [2.05, 4.69) is 0 Å². The lowest BCUT2D eigenvalue weighted by molar-refractivity contribution is 0.383. The summed E-state index contributed by atoms with van der Waals surface area (Å²) in [5.41, 5.74) is 1.09. The van der Waals surface area contributed by atoms with Gasteiger partial charge in [-0.05, 0) is 66.9 Å². The van der Waals surface area contributed by atoms with Crippen molar-refractivity contribution in [2.45, 2.75) is 6.92 Å². The fraction of sp³-hybridized carbons (Fsp3) is 0.538. The Labute approximate surface area is 117 Å². The molecule has 0 saturated carbocycles. The molecule has 0 atom stereocenters. The Kier molecular flexibility index (Phi) is 7.30. The summed E-state index contributed by atoms with van der Waals surface area (Å²) in [6.07, 6.45) is 0. The molecule has 0 unspecified atom stereocenters. The quantitative estimate of drug-likeness (QED) is 0.865. The molecule has 0 spiro atoms. The zero-order valence-electron chi connectivity index (χ0n) is 13.0. The van der Waals surface area contributed by atoms with E-state index >= 15 is 0 Å². The van der Waals surface area contributed by atoms with Crippen LogP contribution in [0.25, 0.3) is 0 Å². The Morgan fingerprint density at radius 1 is 0.947 bits per heavy atom. The van der Waals surface area contributed by atoms with E-state index in [-0.39, 0.29) is 0 Å². The molecule has 0 fully saturated rings. The molecule has 5 nitrogen and oxygen atoms in total. The number of nitrogens with zero attached hydrogens (tertiary/aromatic N) is 3. The predicted molar refractivity (Wildman–Crippen MR) is 81.5 cm³/mol. The molecule has 1 aromatic carbocycles. The first-order valence-electron chi connectivity index (χ1n) is 6.01. The average molecular weight is 287 g/mol. The lowest BCUT2D eigenvalue weighted by Gasteiger charge is -2.34. The number of aromatic hydroxyl groups is 1. The minimum atomic E-state index is -2.44. The molecule has 0 saturated heterocycles. The van der Waals surface area contributed by atoms with Crippen LogP contribution in [0, 0.1) is 6.92 Å². The highest BCUT2D eigenvalue weighted by atomic mass is 31.2. The molecule has 0 amide bonds. The van der Waals surface area contributed by atoms with Gasteiger partial charge in [-0.2, -0.15) is 0 Å². The van der Waals surface area contributed by atoms with Gasteiger partial charge in [-0.3, -0.25) is 4.57 Å². The smallest absolute Gasteiger partial charge is 0.285 e. The largest absolute Gasteiger partial charge is 0.508 e. The van der Waals surface area contributed by atoms with Gasteiger partial charge >= 0.3 is 0 Å². The van der Waals surface area contributed by atoms with Crippen molar-refractivity contribution in [3.05, 3.63) is 29.8 Å². The molecule has 0 aliphatic heterocycles. The van der Waals surface area contributed by atoms with Crippen LogP contribution in [-0.4, -0.2) is 61.4 Å². The monoisotopic (exact) mass is 287 g/mol. The average Bonchev–Trinajstić information content (AvgIpc) is 2.27. The SMILES string of the molecule is CN(C)P(=O)(N(C)C)N(C)C.Cc1cccc(O)c1. The molecule has 1 N–H and O–H groups in total. The van der Waals surface area contributed by atoms with Gasteiger partial charge in [-0.15, -0.1) is 0 Å². The maximum Gasteiger partial charge on any atom is 0.285 e. The fourth-order valence-corrected chi connectivity index (χ4v) is 3.85. The van der Waals surface area contributed by atoms with Crippen molar-refractivity contribution in [2.75, 3.05) is 42.3 Å². The van der Waals surface area contributed by atoms with Crippen molar-refractivity contribution in [3.63, 3.8) is 0 Å². The zero-order valence-corrected chi connectivity index (χ0v) is 13.8. The maximum absolute atomic E-state index is 12.1. The first-order valence-corrected chi connectivity index (χ1v) is 7.58. The molecule has 110 valence electrons. The normalized spacial score (nSPS) is 11.7. The summed E-state index contributed by atoms with van der Waals surface area (Å²) in [7, 11) is 8.49. The van der Waals surface area contributed by atoms with E-state index in [1.54, 1.807) is 26.1 Å². The summed E-state index contributed by atoms with van der Waals surface area (Å²) in [6.45, 7) is 1.94. The zero-order chi connectivity index (χ0) is 15.2. The predicted octanol–water partition coefficient (Wildman–Crippen LogP) is 2.48. The van der Waals surface area contributed by atoms with Crippen molar-refractivity contribution < 1.29 is 9.67 Å². The standard InChI is InChI=1S/C7H8O.C6H18N3OP/c1-6-3-2-4-7(8)5-6;1-7(2)11(10,8(3)4)9(5)6/h2-5,8H,1H3;1-6H3. The minimum absolute atomic E-state index is 0.338. The van der Waals surface area contributed by atoms with Crippen LogP contribution < -0.4 is 0 Å². The third-order valence-electron chi connectivity index (χ3n) is 2.56. The van der Waals surface area contributed by atoms with Crippen LogP contribution in [0.5, 0.6) is 5.75 Å². The Morgan fingerprint density at radius 3 is 1.53 bits per heavy atom. The second kappa shape index (κ2) is 7.65. The molecule has 1 rings (SSSR count). The van der Waals surface area contributed by atoms with Gasteiger partial charge in [0, 0.05) is 0 Å². The van der Waals surface area contributed by atoms with Crippen LogP contribution in [0.2, 0.25) is 0 Å². The summed E-state index contributed by atoms with van der Waals surface area (Å²) in [5.74, 6) is 0.338. The van der Waals surface area contributed by atoms with Gasteiger partial charge in [0.25, 0.3) is 7.59 Å². The van der Waals surface area contributed by atoms with Crippen LogP contribution in [-0.2, 0) is 4.57 Å². The van der Waals surface area contributed by atoms with Crippen molar-refractivity contribution >= 4 is 7.59 Å². The van der Waals surface area contributed by atoms with E-state index in [1.807, 2.05) is 61.3 Å². The lowest BCUT2D eigenvalue weighted by Crippen LogP contribution is -2.30. The summed E-state index contributed by atoms with van der Waals surface area (Å²) in [5, 5.41) is 8.81. The first-order chi connectivity index (χ1) is 8.62. The van der Waals surface area contributed by atoms with Gasteiger partial charge < -0.3 is 5.11 Å². The maximum atomic E-state index is 12.1.